The van der Waals surface area contributed by atoms with E-state index < -0.39 is 5.91 Å². The van der Waals surface area contributed by atoms with Gasteiger partial charge in [0.15, 0.2) is 0 Å². The van der Waals surface area contributed by atoms with Crippen LogP contribution in [0.1, 0.15) is 21.5 Å². The van der Waals surface area contributed by atoms with E-state index in [1.807, 2.05) is 0 Å². The summed E-state index contributed by atoms with van der Waals surface area (Å²) in [5.41, 5.74) is 3.65. The highest BCUT2D eigenvalue weighted by molar-refractivity contribution is 5.97. The maximum absolute atomic E-state index is 11.8. The van der Waals surface area contributed by atoms with Gasteiger partial charge in [-0.25, -0.2) is 5.43 Å². The summed E-state index contributed by atoms with van der Waals surface area (Å²) in [6, 6.07) is 11.4. The highest BCUT2D eigenvalue weighted by Gasteiger charge is 2.09. The van der Waals surface area contributed by atoms with E-state index in [0.29, 0.717) is 12.0 Å². The predicted octanol–water partition coefficient (Wildman–Crippen LogP) is 2.59. The number of nitrogens with zero attached hydrogens (tertiary/aromatic N) is 1. The van der Waals surface area contributed by atoms with Crippen molar-refractivity contribution in [1.29, 1.82) is 0 Å². The third kappa shape index (κ3) is 3.52. The van der Waals surface area contributed by atoms with Crippen LogP contribution in [0.2, 0.25) is 0 Å². The molecule has 2 aromatic carbocycles. The Kier molecular flexibility index (Phi) is 4.93. The highest BCUT2D eigenvalue weighted by atomic mass is 16.3. The van der Waals surface area contributed by atoms with Crippen molar-refractivity contribution < 1.29 is 15.0 Å². The molecular formula is C17H16N2O3. The van der Waals surface area contributed by atoms with Crippen LogP contribution in [0, 0.1) is 0 Å². The molecule has 0 saturated carbocycles. The average molecular weight is 296 g/mol. The van der Waals surface area contributed by atoms with Gasteiger partial charge in [0.1, 0.15) is 11.5 Å². The number of rotatable bonds is 5. The number of para-hydroxylation sites is 2. The van der Waals surface area contributed by atoms with E-state index in [0.717, 1.165) is 5.56 Å². The minimum absolute atomic E-state index is 0.1000. The third-order valence-corrected chi connectivity index (χ3v) is 3.03. The van der Waals surface area contributed by atoms with Crippen molar-refractivity contribution in [3.05, 3.63) is 71.8 Å². The molecule has 0 unspecified atom stereocenters. The van der Waals surface area contributed by atoms with Crippen LogP contribution in [0.3, 0.4) is 0 Å². The highest BCUT2D eigenvalue weighted by Crippen LogP contribution is 2.21. The number of hydrogen-bond donors (Lipinski definition) is 3. The van der Waals surface area contributed by atoms with Gasteiger partial charge in [-0.3, -0.25) is 4.79 Å². The van der Waals surface area contributed by atoms with Crippen LogP contribution in [-0.2, 0) is 6.42 Å². The fourth-order valence-electron chi connectivity index (χ4n) is 1.92. The second kappa shape index (κ2) is 7.08. The van der Waals surface area contributed by atoms with E-state index >= 15 is 0 Å². The van der Waals surface area contributed by atoms with Crippen LogP contribution >= 0.6 is 0 Å². The van der Waals surface area contributed by atoms with E-state index in [1.165, 1.54) is 18.3 Å². The zero-order valence-electron chi connectivity index (χ0n) is 11.9. The van der Waals surface area contributed by atoms with Gasteiger partial charge < -0.3 is 10.2 Å². The monoisotopic (exact) mass is 296 g/mol. The molecule has 0 atom stereocenters. The van der Waals surface area contributed by atoms with Crippen molar-refractivity contribution in [3.8, 4) is 11.5 Å². The molecular weight excluding hydrogens is 280 g/mol. The number of phenolic OH excluding ortho intramolecular Hbond substituents is 2. The minimum Gasteiger partial charge on any atom is -0.507 e. The first-order chi connectivity index (χ1) is 10.6. The number of phenols is 2. The molecule has 0 bridgehead atoms. The van der Waals surface area contributed by atoms with E-state index in [1.54, 1.807) is 36.4 Å². The number of carbonyl (C=O) groups excluding carboxylic acids is 1. The Hall–Kier alpha value is -3.08. The standard InChI is InChI=1S/C17H16N2O3/c1-2-6-12-7-5-8-13(16(12)21)11-18-19-17(22)14-9-3-4-10-15(14)20/h2-5,7-11,20-21H,1,6H2,(H,19,22). The first-order valence-electron chi connectivity index (χ1n) is 6.66. The molecule has 2 rings (SSSR count). The van der Waals surface area contributed by atoms with Gasteiger partial charge in [-0.1, -0.05) is 30.3 Å². The summed E-state index contributed by atoms with van der Waals surface area (Å²) in [5, 5.41) is 23.4. The number of hydrogen-bond acceptors (Lipinski definition) is 4. The van der Waals surface area contributed by atoms with Crippen molar-refractivity contribution in [2.45, 2.75) is 6.42 Å². The molecule has 5 nitrogen and oxygen atoms in total. The van der Waals surface area contributed by atoms with Crippen LogP contribution in [0.5, 0.6) is 11.5 Å². The number of amides is 1. The SMILES string of the molecule is C=CCc1cccc(C=NNC(=O)c2ccccc2O)c1O. The number of allylic oxidation sites excluding steroid dienone is 1. The first-order valence-corrected chi connectivity index (χ1v) is 6.66. The molecule has 22 heavy (non-hydrogen) atoms. The van der Waals surface area contributed by atoms with Crippen LogP contribution in [0.25, 0.3) is 0 Å². The van der Waals surface area contributed by atoms with Gasteiger partial charge in [0.25, 0.3) is 5.91 Å². The van der Waals surface area contributed by atoms with E-state index in [9.17, 15) is 15.0 Å². The average Bonchev–Trinajstić information content (AvgIpc) is 2.51. The van der Waals surface area contributed by atoms with Crippen molar-refractivity contribution in [3.63, 3.8) is 0 Å². The van der Waals surface area contributed by atoms with Gasteiger partial charge in [-0.2, -0.15) is 5.10 Å². The van der Waals surface area contributed by atoms with Gasteiger partial charge in [0.05, 0.1) is 11.8 Å². The van der Waals surface area contributed by atoms with Gasteiger partial charge in [-0.05, 0) is 30.2 Å². The molecule has 0 fully saturated rings. The van der Waals surface area contributed by atoms with Crippen molar-refractivity contribution in [1.82, 2.24) is 5.43 Å². The third-order valence-electron chi connectivity index (χ3n) is 3.03. The molecule has 2 aromatic rings. The molecule has 5 heteroatoms. The number of aromatic hydroxyl groups is 2. The number of nitrogens with one attached hydrogen (secondary N) is 1. The summed E-state index contributed by atoms with van der Waals surface area (Å²) in [4.78, 5) is 11.8. The fraction of sp³-hybridized carbons (Fsp3) is 0.0588. The Labute approximate surface area is 128 Å². The van der Waals surface area contributed by atoms with Crippen molar-refractivity contribution >= 4 is 12.1 Å². The summed E-state index contributed by atoms with van der Waals surface area (Å²) >= 11 is 0. The van der Waals surface area contributed by atoms with Gasteiger partial charge >= 0.3 is 0 Å². The summed E-state index contributed by atoms with van der Waals surface area (Å²) in [5.74, 6) is -0.551. The van der Waals surface area contributed by atoms with Crippen molar-refractivity contribution in [2.24, 2.45) is 5.10 Å². The van der Waals surface area contributed by atoms with Crippen LogP contribution in [0.4, 0.5) is 0 Å². The number of benzene rings is 2. The fourth-order valence-corrected chi connectivity index (χ4v) is 1.92. The lowest BCUT2D eigenvalue weighted by Crippen LogP contribution is -2.17. The second-order valence-electron chi connectivity index (χ2n) is 4.56. The Morgan fingerprint density at radius 3 is 2.68 bits per heavy atom. The number of carbonyl (C=O) groups is 1. The topological polar surface area (TPSA) is 81.9 Å². The summed E-state index contributed by atoms with van der Waals surface area (Å²) in [6.45, 7) is 3.63. The van der Waals surface area contributed by atoms with Crippen LogP contribution < -0.4 is 5.43 Å². The largest absolute Gasteiger partial charge is 0.507 e. The lowest BCUT2D eigenvalue weighted by Gasteiger charge is -2.05. The van der Waals surface area contributed by atoms with E-state index in [2.05, 4.69) is 17.1 Å². The van der Waals surface area contributed by atoms with Crippen molar-refractivity contribution in [2.75, 3.05) is 0 Å². The molecule has 0 radical (unpaired) electrons. The van der Waals surface area contributed by atoms with Gasteiger partial charge in [0.2, 0.25) is 0 Å². The van der Waals surface area contributed by atoms with Crippen LogP contribution in [-0.4, -0.2) is 22.3 Å². The molecule has 0 spiro atoms. The molecule has 3 N–H and O–H groups in total. The molecule has 0 aliphatic rings. The zero-order valence-corrected chi connectivity index (χ0v) is 11.9. The Bertz CT molecular complexity index is 724. The maximum Gasteiger partial charge on any atom is 0.275 e. The predicted molar refractivity (Wildman–Crippen MR) is 85.2 cm³/mol. The molecule has 0 heterocycles. The normalized spacial score (nSPS) is 10.5. The molecule has 0 aliphatic carbocycles. The molecule has 0 aromatic heterocycles. The van der Waals surface area contributed by atoms with Gasteiger partial charge in [-0.15, -0.1) is 6.58 Å². The first kappa shape index (κ1) is 15.3. The lowest BCUT2D eigenvalue weighted by molar-refractivity contribution is 0.0952. The second-order valence-corrected chi connectivity index (χ2v) is 4.56. The quantitative estimate of drug-likeness (QED) is 0.450. The summed E-state index contributed by atoms with van der Waals surface area (Å²) in [6.07, 6.45) is 3.58. The lowest BCUT2D eigenvalue weighted by atomic mass is 10.1. The minimum atomic E-state index is -0.531. The number of hydrazone groups is 1. The summed E-state index contributed by atoms with van der Waals surface area (Å²) in [7, 11) is 0. The maximum atomic E-state index is 11.8. The summed E-state index contributed by atoms with van der Waals surface area (Å²) < 4.78 is 0. The van der Waals surface area contributed by atoms with E-state index in [-0.39, 0.29) is 17.1 Å². The molecule has 0 aliphatic heterocycles. The Morgan fingerprint density at radius 2 is 1.95 bits per heavy atom. The molecule has 112 valence electrons. The Balaban J connectivity index is 2.10. The molecule has 1 amide bonds. The van der Waals surface area contributed by atoms with Gasteiger partial charge in [0, 0.05) is 5.56 Å². The Morgan fingerprint density at radius 1 is 1.18 bits per heavy atom. The van der Waals surface area contributed by atoms with E-state index in [4.69, 9.17) is 0 Å². The zero-order chi connectivity index (χ0) is 15.9. The smallest absolute Gasteiger partial charge is 0.275 e. The van der Waals surface area contributed by atoms with Crippen LogP contribution in [0.15, 0.2) is 60.2 Å². The molecule has 0 saturated heterocycles.